The molecule has 0 aliphatic carbocycles. The summed E-state index contributed by atoms with van der Waals surface area (Å²) in [6.07, 6.45) is 0.970. The highest BCUT2D eigenvalue weighted by Gasteiger charge is 2.30. The first-order valence-electron chi connectivity index (χ1n) is 7.19. The molecule has 108 valence electrons. The Hall–Kier alpha value is -1.50. The van der Waals surface area contributed by atoms with E-state index in [4.69, 9.17) is 0 Å². The molecule has 2 fully saturated rings. The predicted octanol–water partition coefficient (Wildman–Crippen LogP) is 0.906. The van der Waals surface area contributed by atoms with E-state index in [0.717, 1.165) is 50.3 Å². The van der Waals surface area contributed by atoms with Crippen LogP contribution in [0.5, 0.6) is 0 Å². The summed E-state index contributed by atoms with van der Waals surface area (Å²) in [5, 5.41) is 21.5. The van der Waals surface area contributed by atoms with Crippen LogP contribution in [0.2, 0.25) is 0 Å². The Morgan fingerprint density at radius 2 is 2.00 bits per heavy atom. The Morgan fingerprint density at radius 1 is 1.15 bits per heavy atom. The highest BCUT2D eigenvalue weighted by Crippen LogP contribution is 2.36. The number of benzene rings is 1. The second-order valence-corrected chi connectivity index (χ2v) is 5.44. The van der Waals surface area contributed by atoms with E-state index in [1.54, 1.807) is 12.1 Å². The first-order chi connectivity index (χ1) is 9.77. The normalized spacial score (nSPS) is 26.6. The summed E-state index contributed by atoms with van der Waals surface area (Å²) in [6.45, 7) is 4.44. The molecule has 0 saturated carbocycles. The second kappa shape index (κ2) is 5.87. The quantitative estimate of drug-likeness (QED) is 0.565. The van der Waals surface area contributed by atoms with Gasteiger partial charge in [0.2, 0.25) is 0 Å². The van der Waals surface area contributed by atoms with Crippen LogP contribution in [0.3, 0.4) is 0 Å². The fourth-order valence-electron chi connectivity index (χ4n) is 3.25. The van der Waals surface area contributed by atoms with Gasteiger partial charge in [-0.25, -0.2) is 0 Å². The van der Waals surface area contributed by atoms with Crippen molar-refractivity contribution in [2.24, 2.45) is 0 Å². The van der Waals surface area contributed by atoms with Gasteiger partial charge in [0.15, 0.2) is 0 Å². The fourth-order valence-corrected chi connectivity index (χ4v) is 3.25. The number of piperazine rings is 1. The lowest BCUT2D eigenvalue weighted by Gasteiger charge is -2.28. The second-order valence-electron chi connectivity index (χ2n) is 5.44. The van der Waals surface area contributed by atoms with Gasteiger partial charge < -0.3 is 16.0 Å². The third-order valence-electron chi connectivity index (χ3n) is 4.20. The van der Waals surface area contributed by atoms with Gasteiger partial charge in [-0.3, -0.25) is 10.1 Å². The average Bonchev–Trinajstić information content (AvgIpc) is 3.01. The third-order valence-corrected chi connectivity index (χ3v) is 4.20. The molecule has 2 heterocycles. The number of rotatable bonds is 3. The van der Waals surface area contributed by atoms with Gasteiger partial charge in [-0.1, -0.05) is 12.1 Å². The van der Waals surface area contributed by atoms with E-state index in [2.05, 4.69) is 16.0 Å². The lowest BCUT2D eigenvalue weighted by atomic mass is 9.88. The zero-order valence-electron chi connectivity index (χ0n) is 11.4. The van der Waals surface area contributed by atoms with Crippen LogP contribution in [0.4, 0.5) is 5.69 Å². The van der Waals surface area contributed by atoms with Crippen molar-refractivity contribution >= 4 is 5.69 Å². The van der Waals surface area contributed by atoms with Crippen molar-refractivity contribution in [1.29, 1.82) is 0 Å². The summed E-state index contributed by atoms with van der Waals surface area (Å²) >= 11 is 0. The van der Waals surface area contributed by atoms with Crippen LogP contribution in [0.25, 0.3) is 0 Å². The Morgan fingerprint density at radius 3 is 2.65 bits per heavy atom. The van der Waals surface area contributed by atoms with E-state index in [-0.39, 0.29) is 22.6 Å². The molecule has 2 saturated heterocycles. The molecule has 0 amide bonds. The summed E-state index contributed by atoms with van der Waals surface area (Å²) in [6, 6.07) is 5.63. The van der Waals surface area contributed by atoms with Gasteiger partial charge in [-0.15, -0.1) is 0 Å². The summed E-state index contributed by atoms with van der Waals surface area (Å²) < 4.78 is 0. The van der Waals surface area contributed by atoms with Gasteiger partial charge in [-0.05, 0) is 18.5 Å². The molecular weight excluding hydrogens is 256 g/mol. The molecule has 2 aliphatic heterocycles. The van der Waals surface area contributed by atoms with Crippen LogP contribution in [-0.4, -0.2) is 37.6 Å². The molecule has 1 aromatic rings. The topological polar surface area (TPSA) is 79.2 Å². The Kier molecular flexibility index (Phi) is 3.95. The number of hydrogen-bond donors (Lipinski definition) is 3. The van der Waals surface area contributed by atoms with Crippen LogP contribution in [0, 0.1) is 10.1 Å². The lowest BCUT2D eigenvalue weighted by Crippen LogP contribution is -2.43. The molecule has 6 nitrogen and oxygen atoms in total. The van der Waals surface area contributed by atoms with Gasteiger partial charge in [0.05, 0.1) is 4.92 Å². The lowest BCUT2D eigenvalue weighted by molar-refractivity contribution is -0.385. The highest BCUT2D eigenvalue weighted by atomic mass is 16.6. The molecule has 0 aromatic heterocycles. The Bertz CT molecular complexity index is 494. The highest BCUT2D eigenvalue weighted by molar-refractivity contribution is 5.50. The molecule has 2 unspecified atom stereocenters. The maximum absolute atomic E-state index is 11.4. The van der Waals surface area contributed by atoms with E-state index in [9.17, 15) is 10.1 Å². The smallest absolute Gasteiger partial charge is 0.273 e. The monoisotopic (exact) mass is 276 g/mol. The van der Waals surface area contributed by atoms with E-state index in [1.165, 1.54) is 0 Å². The van der Waals surface area contributed by atoms with Crippen LogP contribution < -0.4 is 16.0 Å². The molecule has 1 aromatic carbocycles. The van der Waals surface area contributed by atoms with Gasteiger partial charge in [0, 0.05) is 49.8 Å². The van der Waals surface area contributed by atoms with Crippen LogP contribution in [0.1, 0.15) is 29.5 Å². The minimum Gasteiger partial charge on any atom is -0.316 e. The zero-order valence-corrected chi connectivity index (χ0v) is 11.4. The minimum absolute atomic E-state index is 0.166. The van der Waals surface area contributed by atoms with Crippen LogP contribution in [0.15, 0.2) is 18.2 Å². The van der Waals surface area contributed by atoms with Crippen molar-refractivity contribution in [3.63, 3.8) is 0 Å². The van der Waals surface area contributed by atoms with E-state index in [0.29, 0.717) is 0 Å². The number of hydrogen-bond acceptors (Lipinski definition) is 5. The van der Waals surface area contributed by atoms with E-state index >= 15 is 0 Å². The van der Waals surface area contributed by atoms with E-state index in [1.807, 2.05) is 6.07 Å². The molecule has 3 N–H and O–H groups in total. The van der Waals surface area contributed by atoms with Crippen molar-refractivity contribution in [1.82, 2.24) is 16.0 Å². The molecule has 0 spiro atoms. The maximum atomic E-state index is 11.4. The third kappa shape index (κ3) is 2.54. The Labute approximate surface area is 118 Å². The fraction of sp³-hybridized carbons (Fsp3) is 0.571. The van der Waals surface area contributed by atoms with Gasteiger partial charge in [0.25, 0.3) is 5.69 Å². The number of nitro benzene ring substituents is 1. The number of nitro groups is 1. The molecule has 20 heavy (non-hydrogen) atoms. The van der Waals surface area contributed by atoms with E-state index < -0.39 is 0 Å². The zero-order chi connectivity index (χ0) is 13.9. The van der Waals surface area contributed by atoms with Crippen molar-refractivity contribution in [2.45, 2.75) is 18.4 Å². The summed E-state index contributed by atoms with van der Waals surface area (Å²) in [5.74, 6) is 0.246. The molecular formula is C14H20N4O2. The predicted molar refractivity (Wildman–Crippen MR) is 76.9 cm³/mol. The standard InChI is InChI=1S/C14H20N4O2/c19-18(20)13-3-1-2-11(12-9-16-6-7-17-12)14(13)10-4-5-15-8-10/h1-3,10,12,15-17H,4-9H2. The minimum atomic E-state index is -0.243. The SMILES string of the molecule is O=[N+]([O-])c1cccc(C2CNCCN2)c1C1CCNC1. The molecule has 3 rings (SSSR count). The van der Waals surface area contributed by atoms with Crippen molar-refractivity contribution in [3.05, 3.63) is 39.4 Å². The van der Waals surface area contributed by atoms with Crippen molar-refractivity contribution in [2.75, 3.05) is 32.7 Å². The molecule has 2 atom stereocenters. The molecule has 2 aliphatic rings. The van der Waals surface area contributed by atoms with Crippen LogP contribution in [-0.2, 0) is 0 Å². The van der Waals surface area contributed by atoms with Crippen LogP contribution >= 0.6 is 0 Å². The van der Waals surface area contributed by atoms with Crippen molar-refractivity contribution < 1.29 is 4.92 Å². The van der Waals surface area contributed by atoms with Gasteiger partial charge >= 0.3 is 0 Å². The average molecular weight is 276 g/mol. The van der Waals surface area contributed by atoms with Gasteiger partial charge in [-0.2, -0.15) is 0 Å². The van der Waals surface area contributed by atoms with Crippen molar-refractivity contribution in [3.8, 4) is 0 Å². The first-order valence-corrected chi connectivity index (χ1v) is 7.19. The maximum Gasteiger partial charge on any atom is 0.273 e. The molecule has 0 radical (unpaired) electrons. The molecule has 0 bridgehead atoms. The number of nitrogens with zero attached hydrogens (tertiary/aromatic N) is 1. The summed E-state index contributed by atoms with van der Waals surface area (Å²) in [7, 11) is 0. The Balaban J connectivity index is 2.02. The largest absolute Gasteiger partial charge is 0.316 e. The summed E-state index contributed by atoms with van der Waals surface area (Å²) in [4.78, 5) is 11.1. The first kappa shape index (κ1) is 13.5. The molecule has 6 heteroatoms. The number of nitrogens with one attached hydrogen (secondary N) is 3. The van der Waals surface area contributed by atoms with Gasteiger partial charge in [0.1, 0.15) is 0 Å². The summed E-state index contributed by atoms with van der Waals surface area (Å²) in [5.41, 5.74) is 2.27.